The Labute approximate surface area is 91.3 Å². The molecule has 0 aromatic heterocycles. The fraction of sp³-hybridized carbons (Fsp3) is 0.455. The molecule has 0 spiro atoms. The highest BCUT2D eigenvalue weighted by Gasteiger charge is 2.09. The molecule has 0 bridgehead atoms. The summed E-state index contributed by atoms with van der Waals surface area (Å²) in [5.41, 5.74) is 1.68. The van der Waals surface area contributed by atoms with Gasteiger partial charge in [-0.3, -0.25) is 0 Å². The van der Waals surface area contributed by atoms with E-state index in [2.05, 4.69) is 19.2 Å². The number of hydrogen-bond acceptors (Lipinski definition) is 3. The molecule has 3 N–H and O–H groups in total. The summed E-state index contributed by atoms with van der Waals surface area (Å²) in [6.07, 6.45) is 0. The van der Waals surface area contributed by atoms with Crippen LogP contribution in [0.5, 0.6) is 0 Å². The smallest absolute Gasteiger partial charge is 0.423 e. The number of benzene rings is 1. The maximum Gasteiger partial charge on any atom is 0.488 e. The summed E-state index contributed by atoms with van der Waals surface area (Å²) in [5.74, 6) is 0.642. The molecule has 0 heterocycles. The minimum atomic E-state index is -1.37. The first-order valence-electron chi connectivity index (χ1n) is 5.25. The van der Waals surface area contributed by atoms with Crippen molar-refractivity contribution in [3.05, 3.63) is 29.8 Å². The van der Waals surface area contributed by atoms with Crippen LogP contribution in [0.4, 0.5) is 0 Å². The standard InChI is InChI=1S/C11H18BNO2/c1-9(2)7-13-8-10-3-5-11(6-4-10)12(14)15/h3-6,9,13-15H,7-8H2,1-2H3. The van der Waals surface area contributed by atoms with Crippen molar-refractivity contribution in [3.8, 4) is 0 Å². The van der Waals surface area contributed by atoms with E-state index in [0.29, 0.717) is 11.4 Å². The van der Waals surface area contributed by atoms with Crippen LogP contribution in [0.3, 0.4) is 0 Å². The Kier molecular flexibility index (Phi) is 4.82. The Morgan fingerprint density at radius 3 is 2.27 bits per heavy atom. The van der Waals surface area contributed by atoms with Crippen molar-refractivity contribution in [2.24, 2.45) is 5.92 Å². The van der Waals surface area contributed by atoms with Crippen LogP contribution in [0.1, 0.15) is 19.4 Å². The monoisotopic (exact) mass is 207 g/mol. The zero-order valence-corrected chi connectivity index (χ0v) is 9.27. The molecule has 4 heteroatoms. The lowest BCUT2D eigenvalue weighted by Crippen LogP contribution is -2.29. The lowest BCUT2D eigenvalue weighted by molar-refractivity contribution is 0.426. The van der Waals surface area contributed by atoms with Gasteiger partial charge in [-0.05, 0) is 23.5 Å². The Balaban J connectivity index is 2.43. The van der Waals surface area contributed by atoms with Crippen molar-refractivity contribution in [3.63, 3.8) is 0 Å². The Bertz CT molecular complexity index is 285. The molecule has 0 atom stereocenters. The van der Waals surface area contributed by atoms with Crippen LogP contribution in [-0.2, 0) is 6.54 Å². The lowest BCUT2D eigenvalue weighted by Gasteiger charge is -2.07. The second kappa shape index (κ2) is 5.90. The number of rotatable bonds is 5. The third kappa shape index (κ3) is 4.47. The predicted octanol–water partition coefficient (Wildman–Crippen LogP) is 0.112. The molecule has 0 unspecified atom stereocenters. The van der Waals surface area contributed by atoms with Gasteiger partial charge in [0.25, 0.3) is 0 Å². The first-order chi connectivity index (χ1) is 7.09. The fourth-order valence-electron chi connectivity index (χ4n) is 1.31. The second-order valence-electron chi connectivity index (χ2n) is 4.14. The van der Waals surface area contributed by atoms with Gasteiger partial charge in [-0.25, -0.2) is 0 Å². The summed E-state index contributed by atoms with van der Waals surface area (Å²) in [6, 6.07) is 7.28. The van der Waals surface area contributed by atoms with Crippen molar-refractivity contribution in [1.82, 2.24) is 5.32 Å². The van der Waals surface area contributed by atoms with Gasteiger partial charge in [0.2, 0.25) is 0 Å². The molecule has 1 aromatic carbocycles. The van der Waals surface area contributed by atoms with E-state index in [0.717, 1.165) is 18.7 Å². The Hall–Kier alpha value is -0.835. The topological polar surface area (TPSA) is 52.5 Å². The quantitative estimate of drug-likeness (QED) is 0.601. The van der Waals surface area contributed by atoms with E-state index < -0.39 is 7.12 Å². The number of nitrogens with one attached hydrogen (secondary N) is 1. The van der Waals surface area contributed by atoms with Crippen LogP contribution >= 0.6 is 0 Å². The van der Waals surface area contributed by atoms with Crippen LogP contribution in [-0.4, -0.2) is 23.7 Å². The zero-order chi connectivity index (χ0) is 11.3. The van der Waals surface area contributed by atoms with Crippen LogP contribution in [0.2, 0.25) is 0 Å². The second-order valence-corrected chi connectivity index (χ2v) is 4.14. The molecule has 0 aliphatic heterocycles. The SMILES string of the molecule is CC(C)CNCc1ccc(B(O)O)cc1. The number of hydrogen-bond donors (Lipinski definition) is 3. The van der Waals surface area contributed by atoms with Crippen molar-refractivity contribution in [2.75, 3.05) is 6.54 Å². The summed E-state index contributed by atoms with van der Waals surface area (Å²) < 4.78 is 0. The summed E-state index contributed by atoms with van der Waals surface area (Å²) >= 11 is 0. The van der Waals surface area contributed by atoms with E-state index in [4.69, 9.17) is 10.0 Å². The van der Waals surface area contributed by atoms with Crippen LogP contribution < -0.4 is 10.8 Å². The molecule has 82 valence electrons. The molecule has 1 rings (SSSR count). The highest BCUT2D eigenvalue weighted by molar-refractivity contribution is 6.58. The molecule has 1 aromatic rings. The minimum absolute atomic E-state index is 0.530. The highest BCUT2D eigenvalue weighted by atomic mass is 16.4. The van der Waals surface area contributed by atoms with E-state index in [1.165, 1.54) is 0 Å². The summed E-state index contributed by atoms with van der Waals surface area (Å²) in [5, 5.41) is 21.1. The third-order valence-electron chi connectivity index (χ3n) is 2.16. The molecule has 0 saturated carbocycles. The molecule has 15 heavy (non-hydrogen) atoms. The normalized spacial score (nSPS) is 10.7. The van der Waals surface area contributed by atoms with Gasteiger partial charge in [-0.15, -0.1) is 0 Å². The van der Waals surface area contributed by atoms with E-state index in [1.54, 1.807) is 12.1 Å². The van der Waals surface area contributed by atoms with Crippen LogP contribution in [0, 0.1) is 5.92 Å². The van der Waals surface area contributed by atoms with Gasteiger partial charge in [0, 0.05) is 6.54 Å². The maximum absolute atomic E-state index is 8.90. The predicted molar refractivity (Wildman–Crippen MR) is 62.8 cm³/mol. The van der Waals surface area contributed by atoms with Gasteiger partial charge in [0.05, 0.1) is 0 Å². The van der Waals surface area contributed by atoms with Gasteiger partial charge >= 0.3 is 7.12 Å². The van der Waals surface area contributed by atoms with Gasteiger partial charge in [0.15, 0.2) is 0 Å². The van der Waals surface area contributed by atoms with Gasteiger partial charge < -0.3 is 15.4 Å². The van der Waals surface area contributed by atoms with E-state index in [-0.39, 0.29) is 0 Å². The molecule has 0 saturated heterocycles. The Morgan fingerprint density at radius 2 is 1.80 bits per heavy atom. The molecule has 0 radical (unpaired) electrons. The van der Waals surface area contributed by atoms with Gasteiger partial charge in [-0.1, -0.05) is 38.1 Å². The van der Waals surface area contributed by atoms with Crippen LogP contribution in [0.25, 0.3) is 0 Å². The molecular formula is C11H18BNO2. The van der Waals surface area contributed by atoms with Gasteiger partial charge in [0.1, 0.15) is 0 Å². The largest absolute Gasteiger partial charge is 0.488 e. The molecule has 0 amide bonds. The average Bonchev–Trinajstić information content (AvgIpc) is 2.18. The van der Waals surface area contributed by atoms with Crippen molar-refractivity contribution < 1.29 is 10.0 Å². The van der Waals surface area contributed by atoms with Crippen molar-refractivity contribution in [1.29, 1.82) is 0 Å². The highest BCUT2D eigenvalue weighted by Crippen LogP contribution is 1.97. The minimum Gasteiger partial charge on any atom is -0.423 e. The molecular weight excluding hydrogens is 189 g/mol. The Morgan fingerprint density at radius 1 is 1.20 bits per heavy atom. The van der Waals surface area contributed by atoms with Crippen LogP contribution in [0.15, 0.2) is 24.3 Å². The van der Waals surface area contributed by atoms with Gasteiger partial charge in [-0.2, -0.15) is 0 Å². The summed E-state index contributed by atoms with van der Waals surface area (Å²) in [7, 11) is -1.37. The summed E-state index contributed by atoms with van der Waals surface area (Å²) in [6.45, 7) is 6.14. The lowest BCUT2D eigenvalue weighted by atomic mass is 9.80. The first-order valence-corrected chi connectivity index (χ1v) is 5.25. The molecule has 0 fully saturated rings. The maximum atomic E-state index is 8.90. The fourth-order valence-corrected chi connectivity index (χ4v) is 1.31. The van der Waals surface area contributed by atoms with E-state index >= 15 is 0 Å². The van der Waals surface area contributed by atoms with E-state index in [9.17, 15) is 0 Å². The van der Waals surface area contributed by atoms with Crippen molar-refractivity contribution >= 4 is 12.6 Å². The zero-order valence-electron chi connectivity index (χ0n) is 9.27. The molecule has 3 nitrogen and oxygen atoms in total. The van der Waals surface area contributed by atoms with Crippen molar-refractivity contribution in [2.45, 2.75) is 20.4 Å². The molecule has 0 aliphatic rings. The third-order valence-corrected chi connectivity index (χ3v) is 2.16. The average molecular weight is 207 g/mol. The van der Waals surface area contributed by atoms with E-state index in [1.807, 2.05) is 12.1 Å². The summed E-state index contributed by atoms with van der Waals surface area (Å²) in [4.78, 5) is 0. The molecule has 0 aliphatic carbocycles. The first kappa shape index (κ1) is 12.2.